The molecule has 15 heavy (non-hydrogen) atoms. The number of hydrogen-bond donors (Lipinski definition) is 3. The molecule has 1 aliphatic heterocycles. The van der Waals surface area contributed by atoms with Crippen LogP contribution in [-0.2, 0) is 11.2 Å². The summed E-state index contributed by atoms with van der Waals surface area (Å²) < 4.78 is 5.55. The fourth-order valence-electron chi connectivity index (χ4n) is 1.57. The summed E-state index contributed by atoms with van der Waals surface area (Å²) in [7, 11) is 0. The van der Waals surface area contributed by atoms with Crippen molar-refractivity contribution in [2.24, 2.45) is 0 Å². The Morgan fingerprint density at radius 3 is 3.07 bits per heavy atom. The van der Waals surface area contributed by atoms with Gasteiger partial charge in [-0.05, 0) is 0 Å². The van der Waals surface area contributed by atoms with Gasteiger partial charge in [0, 0.05) is 19.5 Å². The van der Waals surface area contributed by atoms with Crippen molar-refractivity contribution in [2.75, 3.05) is 31.2 Å². The second-order valence-electron chi connectivity index (χ2n) is 3.53. The maximum atomic E-state index is 5.71. The summed E-state index contributed by atoms with van der Waals surface area (Å²) in [6.45, 7) is 2.46. The molecule has 0 aromatic carbocycles. The van der Waals surface area contributed by atoms with Gasteiger partial charge in [-0.15, -0.1) is 0 Å². The fourth-order valence-corrected chi connectivity index (χ4v) is 1.57. The Kier molecular flexibility index (Phi) is 2.98. The zero-order chi connectivity index (χ0) is 10.7. The minimum atomic E-state index is 0.124. The van der Waals surface area contributed by atoms with Gasteiger partial charge in [0.1, 0.15) is 11.6 Å². The molecule has 0 spiro atoms. The highest BCUT2D eigenvalue weighted by molar-refractivity contribution is 5.40. The number of anilines is 2. The summed E-state index contributed by atoms with van der Waals surface area (Å²) in [5, 5.41) is 3.25. The van der Waals surface area contributed by atoms with E-state index in [9.17, 15) is 0 Å². The predicted molar refractivity (Wildman–Crippen MR) is 57.2 cm³/mol. The first-order chi connectivity index (χ1) is 7.25. The number of ether oxygens (including phenoxy) is 1. The monoisotopic (exact) mass is 209 g/mol. The number of hydrogen-bond acceptors (Lipinski definition) is 6. The summed E-state index contributed by atoms with van der Waals surface area (Å²) in [5.41, 5.74) is 11.9. The van der Waals surface area contributed by atoms with Crippen LogP contribution in [0.4, 0.5) is 11.6 Å². The van der Waals surface area contributed by atoms with E-state index in [1.54, 1.807) is 0 Å². The zero-order valence-electron chi connectivity index (χ0n) is 8.44. The van der Waals surface area contributed by atoms with Crippen molar-refractivity contribution in [3.8, 4) is 0 Å². The van der Waals surface area contributed by atoms with Gasteiger partial charge in [0.15, 0.2) is 0 Å². The number of nitrogens with two attached hydrogens (primary N) is 2. The Balaban J connectivity index is 2.03. The summed E-state index contributed by atoms with van der Waals surface area (Å²) in [5.74, 6) is 0.739. The SMILES string of the molecule is Nc1cnc(CC2CNCCO2)c(N)n1. The Morgan fingerprint density at radius 2 is 2.40 bits per heavy atom. The van der Waals surface area contributed by atoms with Crippen LogP contribution in [0, 0.1) is 0 Å². The lowest BCUT2D eigenvalue weighted by Crippen LogP contribution is -2.39. The highest BCUT2D eigenvalue weighted by atomic mass is 16.5. The zero-order valence-corrected chi connectivity index (χ0v) is 8.44. The molecule has 1 aromatic rings. The molecule has 0 aliphatic carbocycles. The van der Waals surface area contributed by atoms with Crippen molar-refractivity contribution in [3.63, 3.8) is 0 Å². The molecule has 1 atom stereocenters. The summed E-state index contributed by atoms with van der Waals surface area (Å²) >= 11 is 0. The van der Waals surface area contributed by atoms with Crippen molar-refractivity contribution in [1.82, 2.24) is 15.3 Å². The second-order valence-corrected chi connectivity index (χ2v) is 3.53. The Hall–Kier alpha value is -1.40. The van der Waals surface area contributed by atoms with Crippen LogP contribution >= 0.6 is 0 Å². The van der Waals surface area contributed by atoms with E-state index in [4.69, 9.17) is 16.2 Å². The van der Waals surface area contributed by atoms with Crippen molar-refractivity contribution < 1.29 is 4.74 Å². The quantitative estimate of drug-likeness (QED) is 0.588. The summed E-state index contributed by atoms with van der Waals surface area (Å²) in [6.07, 6.45) is 2.31. The molecular formula is C9H15N5O. The molecule has 0 radical (unpaired) electrons. The lowest BCUT2D eigenvalue weighted by atomic mass is 10.1. The molecule has 2 heterocycles. The molecule has 1 aliphatic rings. The number of nitrogens with one attached hydrogen (secondary N) is 1. The Labute approximate surface area is 88.0 Å². The minimum Gasteiger partial charge on any atom is -0.382 e. The van der Waals surface area contributed by atoms with Crippen LogP contribution in [0.15, 0.2) is 6.20 Å². The van der Waals surface area contributed by atoms with E-state index in [-0.39, 0.29) is 6.10 Å². The van der Waals surface area contributed by atoms with E-state index in [1.807, 2.05) is 0 Å². The molecule has 82 valence electrons. The van der Waals surface area contributed by atoms with Crippen LogP contribution in [0.25, 0.3) is 0 Å². The van der Waals surface area contributed by atoms with Crippen LogP contribution in [0.1, 0.15) is 5.69 Å². The third kappa shape index (κ3) is 2.54. The number of nitrogens with zero attached hydrogens (tertiary/aromatic N) is 2. The molecule has 1 saturated heterocycles. The average Bonchev–Trinajstić information content (AvgIpc) is 2.24. The molecule has 6 heteroatoms. The lowest BCUT2D eigenvalue weighted by molar-refractivity contribution is 0.0287. The third-order valence-electron chi connectivity index (χ3n) is 2.32. The highest BCUT2D eigenvalue weighted by Crippen LogP contribution is 2.11. The van der Waals surface area contributed by atoms with E-state index in [0.717, 1.165) is 25.4 Å². The van der Waals surface area contributed by atoms with Crippen LogP contribution in [0.2, 0.25) is 0 Å². The van der Waals surface area contributed by atoms with Gasteiger partial charge in [0.05, 0.1) is 24.6 Å². The van der Waals surface area contributed by atoms with Gasteiger partial charge < -0.3 is 21.5 Å². The average molecular weight is 209 g/mol. The minimum absolute atomic E-state index is 0.124. The van der Waals surface area contributed by atoms with E-state index in [1.165, 1.54) is 6.20 Å². The second kappa shape index (κ2) is 4.41. The van der Waals surface area contributed by atoms with Crippen LogP contribution < -0.4 is 16.8 Å². The van der Waals surface area contributed by atoms with Crippen molar-refractivity contribution in [2.45, 2.75) is 12.5 Å². The maximum absolute atomic E-state index is 5.71. The van der Waals surface area contributed by atoms with E-state index in [0.29, 0.717) is 18.1 Å². The highest BCUT2D eigenvalue weighted by Gasteiger charge is 2.16. The van der Waals surface area contributed by atoms with Gasteiger partial charge in [-0.3, -0.25) is 4.98 Å². The largest absolute Gasteiger partial charge is 0.382 e. The number of aromatic nitrogens is 2. The van der Waals surface area contributed by atoms with Gasteiger partial charge in [-0.25, -0.2) is 4.98 Å². The molecule has 0 bridgehead atoms. The van der Waals surface area contributed by atoms with Crippen LogP contribution in [0.3, 0.4) is 0 Å². The normalized spacial score (nSPS) is 21.5. The molecular weight excluding hydrogens is 194 g/mol. The molecule has 1 aromatic heterocycles. The summed E-state index contributed by atoms with van der Waals surface area (Å²) in [6, 6.07) is 0. The van der Waals surface area contributed by atoms with Crippen molar-refractivity contribution in [1.29, 1.82) is 0 Å². The first-order valence-corrected chi connectivity index (χ1v) is 4.95. The Morgan fingerprint density at radius 1 is 1.53 bits per heavy atom. The maximum Gasteiger partial charge on any atom is 0.147 e. The molecule has 2 rings (SSSR count). The van der Waals surface area contributed by atoms with E-state index in [2.05, 4.69) is 15.3 Å². The molecule has 0 amide bonds. The van der Waals surface area contributed by atoms with Crippen molar-refractivity contribution >= 4 is 11.6 Å². The van der Waals surface area contributed by atoms with Gasteiger partial charge in [-0.2, -0.15) is 0 Å². The molecule has 6 nitrogen and oxygen atoms in total. The number of morpholine rings is 1. The third-order valence-corrected chi connectivity index (χ3v) is 2.32. The molecule has 0 saturated carbocycles. The van der Waals surface area contributed by atoms with Gasteiger partial charge in [-0.1, -0.05) is 0 Å². The number of rotatable bonds is 2. The van der Waals surface area contributed by atoms with Crippen molar-refractivity contribution in [3.05, 3.63) is 11.9 Å². The summed E-state index contributed by atoms with van der Waals surface area (Å²) in [4.78, 5) is 8.11. The van der Waals surface area contributed by atoms with Gasteiger partial charge in [0.2, 0.25) is 0 Å². The van der Waals surface area contributed by atoms with Gasteiger partial charge >= 0.3 is 0 Å². The smallest absolute Gasteiger partial charge is 0.147 e. The molecule has 1 fully saturated rings. The fraction of sp³-hybridized carbons (Fsp3) is 0.556. The predicted octanol–water partition coefficient (Wildman–Crippen LogP) is -0.828. The van der Waals surface area contributed by atoms with Gasteiger partial charge in [0.25, 0.3) is 0 Å². The lowest BCUT2D eigenvalue weighted by Gasteiger charge is -2.23. The first-order valence-electron chi connectivity index (χ1n) is 4.95. The van der Waals surface area contributed by atoms with E-state index >= 15 is 0 Å². The van der Waals surface area contributed by atoms with Crippen LogP contribution in [-0.4, -0.2) is 35.8 Å². The standard InChI is InChI=1S/C9H15N5O/c10-8-5-13-7(9(11)14-8)3-6-4-12-1-2-15-6/h5-6,12H,1-4H2,(H4,10,11,14). The number of nitrogen functional groups attached to an aromatic ring is 2. The topological polar surface area (TPSA) is 99.1 Å². The molecule has 1 unspecified atom stereocenters. The Bertz CT molecular complexity index is 337. The van der Waals surface area contributed by atoms with E-state index < -0.39 is 0 Å². The first kappa shape index (κ1) is 10.1. The molecule has 5 N–H and O–H groups in total. The van der Waals surface area contributed by atoms with Crippen LogP contribution in [0.5, 0.6) is 0 Å².